The van der Waals surface area contributed by atoms with Crippen molar-refractivity contribution in [3.63, 3.8) is 0 Å². The van der Waals surface area contributed by atoms with Gasteiger partial charge in [0.1, 0.15) is 5.82 Å². The van der Waals surface area contributed by atoms with Gasteiger partial charge in [-0.05, 0) is 19.1 Å². The van der Waals surface area contributed by atoms with Crippen molar-refractivity contribution in [3.8, 4) is 0 Å². The number of aromatic nitrogens is 1. The number of nitrogens with two attached hydrogens (primary N) is 1. The molecule has 0 spiro atoms. The molecule has 94 valence electrons. The van der Waals surface area contributed by atoms with Crippen molar-refractivity contribution in [3.05, 3.63) is 40.4 Å². The van der Waals surface area contributed by atoms with Gasteiger partial charge in [-0.2, -0.15) is 0 Å². The van der Waals surface area contributed by atoms with Crippen LogP contribution in [0.4, 0.5) is 19.6 Å². The van der Waals surface area contributed by atoms with Gasteiger partial charge in [-0.3, -0.25) is 10.1 Å². The fourth-order valence-electron chi connectivity index (χ4n) is 1.35. The fraction of sp³-hybridized carbons (Fsp3) is 0.0909. The van der Waals surface area contributed by atoms with Crippen molar-refractivity contribution >= 4 is 28.1 Å². The van der Waals surface area contributed by atoms with E-state index in [1.54, 1.807) is 12.3 Å². The van der Waals surface area contributed by atoms with E-state index in [9.17, 15) is 13.6 Å². The molecule has 4 nitrogen and oxygen atoms in total. The number of aryl methyl sites for hydroxylation is 1. The van der Waals surface area contributed by atoms with Crippen LogP contribution in [0.1, 0.15) is 16.1 Å². The predicted octanol–water partition coefficient (Wildman–Crippen LogP) is 2.56. The number of hydrogen-bond donors (Lipinski definition) is 2. The second-order valence-electron chi connectivity index (χ2n) is 3.60. The third kappa shape index (κ3) is 2.45. The fourth-order valence-corrected chi connectivity index (χ4v) is 2.03. The summed E-state index contributed by atoms with van der Waals surface area (Å²) < 4.78 is 26.6. The Kier molecular flexibility index (Phi) is 3.24. The smallest absolute Gasteiger partial charge is 0.260 e. The first-order valence-corrected chi connectivity index (χ1v) is 5.83. The summed E-state index contributed by atoms with van der Waals surface area (Å²) in [4.78, 5) is 15.7. The highest BCUT2D eigenvalue weighted by atomic mass is 32.1. The number of nitrogen functional groups attached to an aromatic ring is 1. The molecule has 0 aliphatic heterocycles. The Bertz CT molecular complexity index is 612. The Morgan fingerprint density at radius 1 is 1.44 bits per heavy atom. The summed E-state index contributed by atoms with van der Waals surface area (Å²) in [5, 5.41) is 4.43. The van der Waals surface area contributed by atoms with Gasteiger partial charge >= 0.3 is 0 Å². The lowest BCUT2D eigenvalue weighted by molar-refractivity contribution is 0.102. The second-order valence-corrected chi connectivity index (χ2v) is 4.46. The van der Waals surface area contributed by atoms with Gasteiger partial charge in [-0.1, -0.05) is 0 Å². The minimum absolute atomic E-state index is 0.319. The van der Waals surface area contributed by atoms with Gasteiger partial charge < -0.3 is 5.73 Å². The van der Waals surface area contributed by atoms with Crippen LogP contribution in [0, 0.1) is 18.6 Å². The maximum absolute atomic E-state index is 13.6. The van der Waals surface area contributed by atoms with Crippen molar-refractivity contribution < 1.29 is 13.6 Å². The highest BCUT2D eigenvalue weighted by Gasteiger charge is 2.17. The lowest BCUT2D eigenvalue weighted by atomic mass is 10.1. The first-order chi connectivity index (χ1) is 8.47. The van der Waals surface area contributed by atoms with Crippen LogP contribution < -0.4 is 11.1 Å². The topological polar surface area (TPSA) is 68.0 Å². The minimum atomic E-state index is -0.942. The Balaban J connectivity index is 2.29. The zero-order valence-electron chi connectivity index (χ0n) is 9.33. The van der Waals surface area contributed by atoms with Gasteiger partial charge in [-0.15, -0.1) is 11.3 Å². The van der Waals surface area contributed by atoms with Crippen LogP contribution in [0.2, 0.25) is 0 Å². The molecule has 2 aromatic rings. The van der Waals surface area contributed by atoms with Crippen LogP contribution in [0.25, 0.3) is 0 Å². The molecular formula is C11H9F2N3OS. The summed E-state index contributed by atoms with van der Waals surface area (Å²) in [6.07, 6.45) is 0. The van der Waals surface area contributed by atoms with Crippen LogP contribution in [-0.2, 0) is 0 Å². The van der Waals surface area contributed by atoms with Gasteiger partial charge in [0, 0.05) is 5.38 Å². The molecule has 1 aromatic carbocycles. The normalized spacial score (nSPS) is 10.4. The van der Waals surface area contributed by atoms with Crippen LogP contribution in [0.15, 0.2) is 17.5 Å². The number of benzene rings is 1. The van der Waals surface area contributed by atoms with Crippen LogP contribution >= 0.6 is 11.3 Å². The number of amides is 1. The van der Waals surface area contributed by atoms with Crippen molar-refractivity contribution in [1.29, 1.82) is 0 Å². The minimum Gasteiger partial charge on any atom is -0.396 e. The molecule has 0 radical (unpaired) electrons. The molecule has 3 N–H and O–H groups in total. The van der Waals surface area contributed by atoms with E-state index in [2.05, 4.69) is 10.3 Å². The standard InChI is InChI=1S/C11H9F2N3OS/c1-5-4-18-11(15-5)16-10(17)7-2-6(12)3-8(14)9(7)13/h2-4H,14H2,1H3,(H,15,16,17). The van der Waals surface area contributed by atoms with Crippen molar-refractivity contribution in [2.75, 3.05) is 11.1 Å². The maximum atomic E-state index is 13.6. The average molecular weight is 269 g/mol. The lowest BCUT2D eigenvalue weighted by Gasteiger charge is -2.05. The van der Waals surface area contributed by atoms with Gasteiger partial charge in [0.25, 0.3) is 5.91 Å². The Hall–Kier alpha value is -2.02. The van der Waals surface area contributed by atoms with Gasteiger partial charge in [0.05, 0.1) is 16.9 Å². The molecule has 1 heterocycles. The second kappa shape index (κ2) is 4.69. The average Bonchev–Trinajstić information content (AvgIpc) is 2.69. The molecule has 1 amide bonds. The third-order valence-electron chi connectivity index (χ3n) is 2.15. The number of rotatable bonds is 2. The first kappa shape index (κ1) is 12.4. The summed E-state index contributed by atoms with van der Waals surface area (Å²) in [5.74, 6) is -2.50. The Morgan fingerprint density at radius 2 is 2.17 bits per heavy atom. The van der Waals surface area contributed by atoms with Crippen LogP contribution in [-0.4, -0.2) is 10.9 Å². The summed E-state index contributed by atoms with van der Waals surface area (Å²) in [6.45, 7) is 1.76. The van der Waals surface area contributed by atoms with E-state index in [-0.39, 0.29) is 0 Å². The summed E-state index contributed by atoms with van der Waals surface area (Å²) >= 11 is 1.20. The molecule has 0 aliphatic rings. The highest BCUT2D eigenvalue weighted by molar-refractivity contribution is 7.13. The number of nitrogens with one attached hydrogen (secondary N) is 1. The SMILES string of the molecule is Cc1csc(NC(=O)c2cc(F)cc(N)c2F)n1. The molecule has 0 bridgehead atoms. The summed E-state index contributed by atoms with van der Waals surface area (Å²) in [6, 6.07) is 1.61. The summed E-state index contributed by atoms with van der Waals surface area (Å²) in [7, 11) is 0. The monoisotopic (exact) mass is 269 g/mol. The number of anilines is 2. The number of halogens is 2. The Labute approximate surface area is 105 Å². The third-order valence-corrected chi connectivity index (χ3v) is 3.03. The zero-order valence-corrected chi connectivity index (χ0v) is 10.1. The van der Waals surface area contributed by atoms with Crippen molar-refractivity contribution in [2.45, 2.75) is 6.92 Å². The van der Waals surface area contributed by atoms with Gasteiger partial charge in [-0.25, -0.2) is 13.8 Å². The maximum Gasteiger partial charge on any atom is 0.260 e. The molecule has 0 unspecified atom stereocenters. The molecule has 0 fully saturated rings. The molecular weight excluding hydrogens is 260 g/mol. The molecule has 0 saturated carbocycles. The number of carbonyl (C=O) groups excluding carboxylic acids is 1. The number of thiazole rings is 1. The predicted molar refractivity (Wildman–Crippen MR) is 65.6 cm³/mol. The van der Waals surface area contributed by atoms with Crippen molar-refractivity contribution in [1.82, 2.24) is 4.98 Å². The van der Waals surface area contributed by atoms with E-state index in [1.165, 1.54) is 11.3 Å². The number of nitrogens with zero attached hydrogens (tertiary/aromatic N) is 1. The van der Waals surface area contributed by atoms with Crippen LogP contribution in [0.5, 0.6) is 0 Å². The highest BCUT2D eigenvalue weighted by Crippen LogP contribution is 2.20. The van der Waals surface area contributed by atoms with E-state index in [0.717, 1.165) is 17.8 Å². The molecule has 18 heavy (non-hydrogen) atoms. The van der Waals surface area contributed by atoms with Crippen molar-refractivity contribution in [2.24, 2.45) is 0 Å². The Morgan fingerprint density at radius 3 is 2.78 bits per heavy atom. The molecule has 0 atom stereocenters. The van der Waals surface area contributed by atoms with E-state index in [4.69, 9.17) is 5.73 Å². The number of carbonyl (C=O) groups is 1. The summed E-state index contributed by atoms with van der Waals surface area (Å²) in [5.41, 5.74) is 5.13. The molecule has 7 heteroatoms. The molecule has 2 rings (SSSR count). The van der Waals surface area contributed by atoms with Gasteiger partial charge in [0.2, 0.25) is 0 Å². The van der Waals surface area contributed by atoms with E-state index < -0.39 is 28.8 Å². The molecule has 0 saturated heterocycles. The number of hydrogen-bond acceptors (Lipinski definition) is 4. The molecule has 1 aromatic heterocycles. The van der Waals surface area contributed by atoms with E-state index >= 15 is 0 Å². The van der Waals surface area contributed by atoms with E-state index in [0.29, 0.717) is 5.13 Å². The quantitative estimate of drug-likeness (QED) is 0.823. The first-order valence-electron chi connectivity index (χ1n) is 4.95. The zero-order chi connectivity index (χ0) is 13.3. The van der Waals surface area contributed by atoms with Crippen LogP contribution in [0.3, 0.4) is 0 Å². The lowest BCUT2D eigenvalue weighted by Crippen LogP contribution is -2.15. The molecule has 0 aliphatic carbocycles. The largest absolute Gasteiger partial charge is 0.396 e. The van der Waals surface area contributed by atoms with Gasteiger partial charge in [0.15, 0.2) is 10.9 Å². The van der Waals surface area contributed by atoms with E-state index in [1.807, 2.05) is 0 Å².